The zero-order valence-corrected chi connectivity index (χ0v) is 28.3. The van der Waals surface area contributed by atoms with Gasteiger partial charge in [0.15, 0.2) is 11.5 Å². The monoisotopic (exact) mass is 626 g/mol. The van der Waals surface area contributed by atoms with E-state index in [4.69, 9.17) is 11.6 Å². The molecule has 0 aliphatic carbocycles. The van der Waals surface area contributed by atoms with Crippen LogP contribution in [-0.4, -0.2) is 38.2 Å². The molecule has 0 aliphatic rings. The van der Waals surface area contributed by atoms with E-state index in [1.807, 2.05) is 24.3 Å². The molecule has 0 aliphatic heterocycles. The van der Waals surface area contributed by atoms with Crippen molar-refractivity contribution in [2.45, 2.75) is 142 Å². The summed E-state index contributed by atoms with van der Waals surface area (Å²) in [6.07, 6.45) is 20.3. The molecular weight excluding hydrogens is 572 g/mol. The fourth-order valence-electron chi connectivity index (χ4n) is 5.44. The van der Waals surface area contributed by atoms with Crippen LogP contribution in [0.5, 0.6) is 0 Å². The molecule has 3 aromatic rings. The molecule has 0 atom stereocenters. The average Bonchev–Trinajstić information content (AvgIpc) is 3.54. The summed E-state index contributed by atoms with van der Waals surface area (Å²) in [5.41, 5.74) is 2.71. The van der Waals surface area contributed by atoms with Gasteiger partial charge in [-0.1, -0.05) is 141 Å². The highest BCUT2D eigenvalue weighted by Crippen LogP contribution is 2.32. The van der Waals surface area contributed by atoms with Gasteiger partial charge >= 0.3 is 0 Å². The lowest BCUT2D eigenvalue weighted by Crippen LogP contribution is -2.27. The van der Waals surface area contributed by atoms with Crippen LogP contribution in [0.25, 0.3) is 17.0 Å². The summed E-state index contributed by atoms with van der Waals surface area (Å²) < 4.78 is 1.59. The van der Waals surface area contributed by atoms with Crippen LogP contribution in [-0.2, 0) is 15.0 Å². The molecular formula is C35H55ClN6O2. The molecule has 2 aromatic heterocycles. The van der Waals surface area contributed by atoms with Crippen LogP contribution >= 0.6 is 11.6 Å². The number of H-pyrrole nitrogens is 1. The molecule has 1 aromatic carbocycles. The number of rotatable bonds is 21. The second-order valence-corrected chi connectivity index (χ2v) is 13.5. The van der Waals surface area contributed by atoms with Gasteiger partial charge in [-0.3, -0.25) is 14.7 Å². The third-order valence-corrected chi connectivity index (χ3v) is 8.43. The van der Waals surface area contributed by atoms with Crippen molar-refractivity contribution in [1.29, 1.82) is 0 Å². The molecule has 0 fully saturated rings. The minimum Gasteiger partial charge on any atom is -0.356 e. The quantitative estimate of drug-likeness (QED) is 0.102. The van der Waals surface area contributed by atoms with Crippen molar-refractivity contribution < 1.29 is 9.59 Å². The largest absolute Gasteiger partial charge is 0.356 e. The molecule has 2 heterocycles. The number of carbonyl (C=O) groups excluding carboxylic acids is 2. The first-order chi connectivity index (χ1) is 21.2. The summed E-state index contributed by atoms with van der Waals surface area (Å²) in [4.78, 5) is 29.3. The van der Waals surface area contributed by atoms with E-state index < -0.39 is 0 Å². The summed E-state index contributed by atoms with van der Waals surface area (Å²) >= 11 is 6.56. The van der Waals surface area contributed by atoms with Crippen LogP contribution in [0.1, 0.15) is 143 Å². The maximum Gasteiger partial charge on any atom is 0.226 e. The molecule has 9 heteroatoms. The van der Waals surface area contributed by atoms with E-state index in [2.05, 4.69) is 53.5 Å². The van der Waals surface area contributed by atoms with Gasteiger partial charge in [-0.15, -0.1) is 5.10 Å². The number of anilines is 1. The molecule has 0 radical (unpaired) electrons. The molecule has 44 heavy (non-hydrogen) atoms. The SMILES string of the molecule is CCCCCCCCCCCCCCCCCC(=O)NCCC(=O)Nc1cccc(-c2nc3c(Cl)c(C(C)(C)C)[nH]n3n2)c1. The topological polar surface area (TPSA) is 104 Å². The Balaban J connectivity index is 1.23. The van der Waals surface area contributed by atoms with Gasteiger partial charge in [0.05, 0.1) is 5.69 Å². The molecule has 2 amide bonds. The fourth-order valence-corrected chi connectivity index (χ4v) is 5.89. The Morgan fingerprint density at radius 3 is 2.00 bits per heavy atom. The minimum absolute atomic E-state index is 0.0179. The van der Waals surface area contributed by atoms with E-state index in [9.17, 15) is 9.59 Å². The number of carbonyl (C=O) groups is 2. The van der Waals surface area contributed by atoms with Gasteiger partial charge in [0.1, 0.15) is 5.02 Å². The minimum atomic E-state index is -0.158. The van der Waals surface area contributed by atoms with Crippen LogP contribution in [0.2, 0.25) is 5.02 Å². The molecule has 0 saturated heterocycles. The average molecular weight is 627 g/mol. The number of nitrogens with zero attached hydrogens (tertiary/aromatic N) is 3. The predicted octanol–water partition coefficient (Wildman–Crippen LogP) is 9.38. The highest BCUT2D eigenvalue weighted by molar-refractivity contribution is 6.34. The van der Waals surface area contributed by atoms with Crippen molar-refractivity contribution in [2.24, 2.45) is 0 Å². The summed E-state index contributed by atoms with van der Waals surface area (Å²) in [7, 11) is 0. The van der Waals surface area contributed by atoms with Gasteiger partial charge < -0.3 is 10.6 Å². The Morgan fingerprint density at radius 2 is 1.43 bits per heavy atom. The van der Waals surface area contributed by atoms with Crippen LogP contribution in [0, 0.1) is 0 Å². The Morgan fingerprint density at radius 1 is 0.841 bits per heavy atom. The van der Waals surface area contributed by atoms with E-state index in [0.717, 1.165) is 24.1 Å². The van der Waals surface area contributed by atoms with Gasteiger partial charge in [0.2, 0.25) is 11.8 Å². The highest BCUT2D eigenvalue weighted by atomic mass is 35.5. The third-order valence-electron chi connectivity index (χ3n) is 8.08. The molecule has 244 valence electrons. The molecule has 3 N–H and O–H groups in total. The Hall–Kier alpha value is -2.87. The molecule has 0 spiro atoms. The molecule has 8 nitrogen and oxygen atoms in total. The lowest BCUT2D eigenvalue weighted by Gasteiger charge is -2.16. The number of hydrogen-bond acceptors (Lipinski definition) is 4. The summed E-state index contributed by atoms with van der Waals surface area (Å²) in [6, 6.07) is 7.40. The van der Waals surface area contributed by atoms with E-state index in [1.54, 1.807) is 4.63 Å². The normalized spacial score (nSPS) is 11.8. The van der Waals surface area contributed by atoms with E-state index >= 15 is 0 Å². The number of amides is 2. The molecule has 0 saturated carbocycles. The summed E-state index contributed by atoms with van der Waals surface area (Å²) in [5, 5.41) is 14.1. The van der Waals surface area contributed by atoms with Gasteiger partial charge in [0.25, 0.3) is 0 Å². The Bertz CT molecular complexity index is 1290. The van der Waals surface area contributed by atoms with Gasteiger partial charge in [-0.25, -0.2) is 4.98 Å². The van der Waals surface area contributed by atoms with Crippen molar-refractivity contribution in [1.82, 2.24) is 25.1 Å². The number of hydrogen-bond donors (Lipinski definition) is 3. The maximum absolute atomic E-state index is 12.5. The van der Waals surface area contributed by atoms with E-state index in [-0.39, 0.29) is 23.7 Å². The summed E-state index contributed by atoms with van der Waals surface area (Å²) in [5.74, 6) is 0.377. The zero-order valence-electron chi connectivity index (χ0n) is 27.6. The lowest BCUT2D eigenvalue weighted by molar-refractivity contribution is -0.121. The van der Waals surface area contributed by atoms with E-state index in [0.29, 0.717) is 35.1 Å². The third kappa shape index (κ3) is 12.3. The van der Waals surface area contributed by atoms with Crippen LogP contribution in [0.4, 0.5) is 5.69 Å². The maximum atomic E-state index is 12.5. The summed E-state index contributed by atoms with van der Waals surface area (Å²) in [6.45, 7) is 8.82. The number of aromatic nitrogens is 4. The van der Waals surface area contributed by atoms with Crippen molar-refractivity contribution in [3.8, 4) is 11.4 Å². The lowest BCUT2D eigenvalue weighted by atomic mass is 9.92. The first-order valence-electron chi connectivity index (χ1n) is 17.0. The second-order valence-electron chi connectivity index (χ2n) is 13.2. The Labute approximate surface area is 269 Å². The number of halogens is 1. The Kier molecular flexibility index (Phi) is 15.2. The highest BCUT2D eigenvalue weighted by Gasteiger charge is 2.24. The van der Waals surface area contributed by atoms with Gasteiger partial charge in [-0.05, 0) is 18.6 Å². The van der Waals surface area contributed by atoms with Crippen molar-refractivity contribution >= 4 is 34.7 Å². The van der Waals surface area contributed by atoms with Gasteiger partial charge in [0, 0.05) is 36.1 Å². The predicted molar refractivity (Wildman–Crippen MR) is 182 cm³/mol. The van der Waals surface area contributed by atoms with Gasteiger partial charge in [-0.2, -0.15) is 4.63 Å². The number of nitrogens with one attached hydrogen (secondary N) is 3. The van der Waals surface area contributed by atoms with Crippen molar-refractivity contribution in [2.75, 3.05) is 11.9 Å². The first kappa shape index (κ1) is 35.6. The number of fused-ring (bicyclic) bond motifs is 1. The molecule has 0 bridgehead atoms. The standard InChI is InChI=1S/C35H55ClN6O2/c1-5-6-7-8-9-10-11-12-13-14-15-16-17-18-19-23-29(43)37-25-24-30(44)38-28-22-20-21-27(26-28)33-39-34-31(36)32(35(2,3)4)40-42(34)41-33/h20-22,26,40H,5-19,23-25H2,1-4H3,(H,37,43)(H,38,44). The van der Waals surface area contributed by atoms with Crippen molar-refractivity contribution in [3.05, 3.63) is 35.0 Å². The molecule has 0 unspecified atom stereocenters. The smallest absolute Gasteiger partial charge is 0.226 e. The number of aromatic amines is 1. The van der Waals surface area contributed by atoms with E-state index in [1.165, 1.54) is 83.5 Å². The van der Waals surface area contributed by atoms with Crippen LogP contribution in [0.3, 0.4) is 0 Å². The van der Waals surface area contributed by atoms with Crippen molar-refractivity contribution in [3.63, 3.8) is 0 Å². The number of benzene rings is 1. The zero-order chi connectivity index (χ0) is 31.8. The fraction of sp³-hybridized carbons (Fsp3) is 0.657. The first-order valence-corrected chi connectivity index (χ1v) is 17.4. The van der Waals surface area contributed by atoms with Crippen LogP contribution < -0.4 is 10.6 Å². The van der Waals surface area contributed by atoms with Crippen LogP contribution in [0.15, 0.2) is 24.3 Å². The molecule has 3 rings (SSSR count). The second kappa shape index (κ2) is 18.8. The number of unbranched alkanes of at least 4 members (excludes halogenated alkanes) is 14.